The average Bonchev–Trinajstić information content (AvgIpc) is 3.34. The van der Waals surface area contributed by atoms with E-state index in [9.17, 15) is 19.7 Å². The number of nitro groups is 1. The van der Waals surface area contributed by atoms with Crippen molar-refractivity contribution < 1.29 is 14.1 Å². The van der Waals surface area contributed by atoms with Crippen LogP contribution >= 0.6 is 0 Å². The Morgan fingerprint density at radius 3 is 2.67 bits per heavy atom. The number of likely N-dealkylation sites (tertiary alicyclic amines) is 1. The number of aromatic nitrogens is 2. The number of carbonyl (C=O) groups is 1. The molecule has 0 saturated carbocycles. The van der Waals surface area contributed by atoms with Crippen molar-refractivity contribution in [3.63, 3.8) is 0 Å². The molecular weight excluding hydrogens is 426 g/mol. The van der Waals surface area contributed by atoms with Crippen LogP contribution in [-0.4, -0.2) is 45.1 Å². The van der Waals surface area contributed by atoms with E-state index >= 15 is 0 Å². The van der Waals surface area contributed by atoms with Gasteiger partial charge in [-0.1, -0.05) is 18.6 Å². The van der Waals surface area contributed by atoms with Crippen molar-refractivity contribution in [2.24, 2.45) is 0 Å². The van der Waals surface area contributed by atoms with Crippen LogP contribution in [0.4, 0.5) is 5.69 Å². The van der Waals surface area contributed by atoms with Gasteiger partial charge < -0.3 is 9.73 Å². The number of para-hydroxylation sites is 2. The van der Waals surface area contributed by atoms with Gasteiger partial charge in [-0.3, -0.25) is 24.6 Å². The molecule has 4 rings (SSSR count). The highest BCUT2D eigenvalue weighted by molar-refractivity contribution is 5.92. The Morgan fingerprint density at radius 1 is 1.21 bits per heavy atom. The maximum Gasteiger partial charge on any atom is 0.294 e. The van der Waals surface area contributed by atoms with Crippen LogP contribution in [0.25, 0.3) is 5.69 Å². The van der Waals surface area contributed by atoms with Gasteiger partial charge in [0.25, 0.3) is 11.6 Å². The number of rotatable bonds is 7. The van der Waals surface area contributed by atoms with E-state index < -0.39 is 16.3 Å². The van der Waals surface area contributed by atoms with Crippen molar-refractivity contribution in [3.8, 4) is 5.69 Å². The maximum absolute atomic E-state index is 13.0. The van der Waals surface area contributed by atoms with E-state index in [4.69, 9.17) is 4.42 Å². The highest BCUT2D eigenvalue weighted by Gasteiger charge is 2.26. The molecule has 0 bridgehead atoms. The summed E-state index contributed by atoms with van der Waals surface area (Å²) < 4.78 is 6.85. The number of hydrogen-bond acceptors (Lipinski definition) is 7. The predicted molar refractivity (Wildman–Crippen MR) is 120 cm³/mol. The predicted octanol–water partition coefficient (Wildman–Crippen LogP) is 3.00. The summed E-state index contributed by atoms with van der Waals surface area (Å²) in [5.74, 6) is 0.104. The first kappa shape index (κ1) is 22.4. The normalized spacial score (nSPS) is 15.2. The zero-order valence-corrected chi connectivity index (χ0v) is 18.3. The van der Waals surface area contributed by atoms with Gasteiger partial charge in [0.1, 0.15) is 11.4 Å². The number of nitro benzene ring substituents is 1. The third-order valence-electron chi connectivity index (χ3n) is 5.79. The molecule has 1 saturated heterocycles. The number of furan rings is 1. The molecule has 172 valence electrons. The molecule has 1 fully saturated rings. The average molecular weight is 451 g/mol. The van der Waals surface area contributed by atoms with Crippen molar-refractivity contribution in [2.75, 3.05) is 19.6 Å². The van der Waals surface area contributed by atoms with Gasteiger partial charge in [0.15, 0.2) is 5.69 Å². The molecule has 3 aromatic rings. The van der Waals surface area contributed by atoms with Crippen LogP contribution < -0.4 is 10.7 Å². The molecule has 1 amide bonds. The van der Waals surface area contributed by atoms with Gasteiger partial charge in [-0.05, 0) is 51.1 Å². The molecular formula is C23H25N5O5. The smallest absolute Gasteiger partial charge is 0.294 e. The topological polar surface area (TPSA) is 124 Å². The molecule has 1 N–H and O–H groups in total. The molecule has 33 heavy (non-hydrogen) atoms. The summed E-state index contributed by atoms with van der Waals surface area (Å²) in [4.78, 5) is 38.7. The second-order valence-corrected chi connectivity index (χ2v) is 7.99. The lowest BCUT2D eigenvalue weighted by Crippen LogP contribution is -2.41. The Balaban J connectivity index is 1.60. The van der Waals surface area contributed by atoms with Crippen molar-refractivity contribution >= 4 is 11.6 Å². The summed E-state index contributed by atoms with van der Waals surface area (Å²) in [5, 5.41) is 18.4. The molecule has 1 aliphatic heterocycles. The van der Waals surface area contributed by atoms with Crippen LogP contribution in [0.15, 0.2) is 57.9 Å². The molecule has 10 nitrogen and oxygen atoms in total. The zero-order chi connectivity index (χ0) is 23.4. The third-order valence-corrected chi connectivity index (χ3v) is 5.79. The van der Waals surface area contributed by atoms with Crippen LogP contribution in [0, 0.1) is 17.0 Å². The van der Waals surface area contributed by atoms with Crippen LogP contribution in [-0.2, 0) is 0 Å². The van der Waals surface area contributed by atoms with Gasteiger partial charge in [0, 0.05) is 24.4 Å². The highest BCUT2D eigenvalue weighted by atomic mass is 16.6. The van der Waals surface area contributed by atoms with E-state index in [1.54, 1.807) is 31.4 Å². The largest absolute Gasteiger partial charge is 0.468 e. The number of benzene rings is 1. The summed E-state index contributed by atoms with van der Waals surface area (Å²) >= 11 is 0. The first-order valence-electron chi connectivity index (χ1n) is 10.9. The van der Waals surface area contributed by atoms with Gasteiger partial charge >= 0.3 is 0 Å². The van der Waals surface area contributed by atoms with Gasteiger partial charge in [0.05, 0.1) is 17.2 Å². The fourth-order valence-corrected chi connectivity index (χ4v) is 4.14. The highest BCUT2D eigenvalue weighted by Crippen LogP contribution is 2.25. The van der Waals surface area contributed by atoms with E-state index in [0.29, 0.717) is 5.69 Å². The summed E-state index contributed by atoms with van der Waals surface area (Å²) in [6, 6.07) is 10.8. The van der Waals surface area contributed by atoms with Gasteiger partial charge in [-0.15, -0.1) is 0 Å². The molecule has 0 aliphatic carbocycles. The SMILES string of the molecule is Cc1cc(=O)c(C(=O)NCC(c2ccco2)N2CCCCC2)nn1-c1ccccc1[N+](=O)[O-]. The zero-order valence-electron chi connectivity index (χ0n) is 18.3. The number of nitrogens with zero attached hydrogens (tertiary/aromatic N) is 4. The fourth-order valence-electron chi connectivity index (χ4n) is 4.14. The van der Waals surface area contributed by atoms with Crippen molar-refractivity contribution in [1.29, 1.82) is 0 Å². The van der Waals surface area contributed by atoms with Gasteiger partial charge in [-0.2, -0.15) is 5.10 Å². The van der Waals surface area contributed by atoms with Crippen molar-refractivity contribution in [2.45, 2.75) is 32.2 Å². The van der Waals surface area contributed by atoms with E-state index in [0.717, 1.165) is 31.7 Å². The minimum absolute atomic E-state index is 0.160. The fraction of sp³-hybridized carbons (Fsp3) is 0.348. The van der Waals surface area contributed by atoms with Crippen LogP contribution in [0.5, 0.6) is 0 Å². The van der Waals surface area contributed by atoms with Crippen LogP contribution in [0.2, 0.25) is 0 Å². The first-order valence-corrected chi connectivity index (χ1v) is 10.9. The number of amides is 1. The number of hydrogen-bond donors (Lipinski definition) is 1. The maximum atomic E-state index is 13.0. The summed E-state index contributed by atoms with van der Waals surface area (Å²) in [7, 11) is 0. The number of piperidine rings is 1. The molecule has 1 aromatic carbocycles. The lowest BCUT2D eigenvalue weighted by atomic mass is 10.1. The molecule has 2 aromatic heterocycles. The van der Waals surface area contributed by atoms with E-state index in [2.05, 4.69) is 15.3 Å². The van der Waals surface area contributed by atoms with Crippen LogP contribution in [0.3, 0.4) is 0 Å². The Kier molecular flexibility index (Phi) is 6.64. The summed E-state index contributed by atoms with van der Waals surface area (Å²) in [6.45, 7) is 3.64. The summed E-state index contributed by atoms with van der Waals surface area (Å²) in [5.41, 5.74) is -0.488. The second kappa shape index (κ2) is 9.78. The van der Waals surface area contributed by atoms with Crippen molar-refractivity contribution in [1.82, 2.24) is 20.0 Å². The molecule has 3 heterocycles. The molecule has 0 radical (unpaired) electrons. The Labute approximate surface area is 190 Å². The van der Waals surface area contributed by atoms with Crippen LogP contribution in [0.1, 0.15) is 47.2 Å². The van der Waals surface area contributed by atoms with Gasteiger partial charge in [0.2, 0.25) is 5.43 Å². The first-order chi connectivity index (χ1) is 16.0. The number of nitrogens with one attached hydrogen (secondary N) is 1. The van der Waals surface area contributed by atoms with E-state index in [-0.39, 0.29) is 29.7 Å². The number of carbonyl (C=O) groups excluding carboxylic acids is 1. The molecule has 1 atom stereocenters. The monoisotopic (exact) mass is 451 g/mol. The van der Waals surface area contributed by atoms with E-state index in [1.165, 1.54) is 29.3 Å². The molecule has 10 heteroatoms. The molecule has 1 unspecified atom stereocenters. The Morgan fingerprint density at radius 2 is 1.97 bits per heavy atom. The quantitative estimate of drug-likeness (QED) is 0.433. The third kappa shape index (κ3) is 4.85. The summed E-state index contributed by atoms with van der Waals surface area (Å²) in [6.07, 6.45) is 4.92. The second-order valence-electron chi connectivity index (χ2n) is 7.99. The van der Waals surface area contributed by atoms with Gasteiger partial charge in [-0.25, -0.2) is 4.68 Å². The Hall–Kier alpha value is -3.79. The Bertz CT molecular complexity index is 1200. The minimum Gasteiger partial charge on any atom is -0.468 e. The standard InChI is InChI=1S/C23H25N5O5/c1-16-14-20(29)22(25-27(16)17-8-3-4-9-18(17)28(31)32)23(30)24-15-19(21-10-7-13-33-21)26-11-5-2-6-12-26/h3-4,7-10,13-14,19H,2,5-6,11-12,15H2,1H3,(H,24,30). The number of aryl methyl sites for hydroxylation is 1. The lowest BCUT2D eigenvalue weighted by Gasteiger charge is -2.33. The lowest BCUT2D eigenvalue weighted by molar-refractivity contribution is -0.384. The van der Waals surface area contributed by atoms with E-state index in [1.807, 2.05) is 6.07 Å². The van der Waals surface area contributed by atoms with Crippen molar-refractivity contribution in [3.05, 3.63) is 86.2 Å². The minimum atomic E-state index is -0.638. The molecule has 0 spiro atoms. The molecule has 1 aliphatic rings.